The molecule has 1 aromatic heterocycles. The number of aromatic amines is 1. The van der Waals surface area contributed by atoms with Gasteiger partial charge in [-0.05, 0) is 30.4 Å². The second-order valence-corrected chi connectivity index (χ2v) is 7.61. The number of H-pyrrole nitrogens is 1. The highest BCUT2D eigenvalue weighted by molar-refractivity contribution is 7.87. The molecule has 3 rings (SSSR count). The number of benzene rings is 1. The smallest absolute Gasteiger partial charge is 0.279 e. The van der Waals surface area contributed by atoms with E-state index in [9.17, 15) is 8.42 Å². The number of methoxy groups -OCH3 is 1. The molecule has 6 nitrogen and oxygen atoms in total. The predicted molar refractivity (Wildman–Crippen MR) is 90.6 cm³/mol. The zero-order chi connectivity index (χ0) is 16.3. The Morgan fingerprint density at radius 1 is 1.30 bits per heavy atom. The highest BCUT2D eigenvalue weighted by Crippen LogP contribution is 2.33. The Balaban J connectivity index is 1.64. The average molecular weight is 337 g/mol. The van der Waals surface area contributed by atoms with Gasteiger partial charge in [-0.25, -0.2) is 0 Å². The Morgan fingerprint density at radius 2 is 2.04 bits per heavy atom. The number of aromatic nitrogens is 1. The van der Waals surface area contributed by atoms with Crippen LogP contribution in [-0.4, -0.2) is 51.1 Å². The fraction of sp³-hybridized carbons (Fsp3) is 0.500. The van der Waals surface area contributed by atoms with E-state index in [1.54, 1.807) is 7.11 Å². The van der Waals surface area contributed by atoms with Crippen molar-refractivity contribution in [2.75, 3.05) is 33.4 Å². The van der Waals surface area contributed by atoms with Gasteiger partial charge in [0.15, 0.2) is 0 Å². The number of nitrogens with zero attached hydrogens (tertiary/aromatic N) is 1. The summed E-state index contributed by atoms with van der Waals surface area (Å²) < 4.78 is 33.4. The normalized spacial score (nSPS) is 17.8. The number of hydrogen-bond donors (Lipinski definition) is 2. The van der Waals surface area contributed by atoms with Gasteiger partial charge in [0.1, 0.15) is 0 Å². The van der Waals surface area contributed by atoms with Crippen LogP contribution in [0.25, 0.3) is 10.9 Å². The summed E-state index contributed by atoms with van der Waals surface area (Å²) in [6.45, 7) is 1.78. The average Bonchev–Trinajstić information content (AvgIpc) is 2.99. The van der Waals surface area contributed by atoms with Crippen LogP contribution < -0.4 is 4.72 Å². The van der Waals surface area contributed by atoms with E-state index in [1.807, 2.05) is 12.1 Å². The lowest BCUT2D eigenvalue weighted by Crippen LogP contribution is -2.45. The van der Waals surface area contributed by atoms with Gasteiger partial charge in [0.25, 0.3) is 10.2 Å². The lowest BCUT2D eigenvalue weighted by atomic mass is 9.90. The van der Waals surface area contributed by atoms with Crippen LogP contribution in [0, 0.1) is 0 Å². The summed E-state index contributed by atoms with van der Waals surface area (Å²) >= 11 is 0. The predicted octanol–water partition coefficient (Wildman–Crippen LogP) is 1.83. The molecule has 0 aliphatic carbocycles. The van der Waals surface area contributed by atoms with E-state index >= 15 is 0 Å². The molecule has 7 heteroatoms. The van der Waals surface area contributed by atoms with E-state index in [-0.39, 0.29) is 0 Å². The van der Waals surface area contributed by atoms with E-state index in [0.29, 0.717) is 32.2 Å². The highest BCUT2D eigenvalue weighted by atomic mass is 32.2. The van der Waals surface area contributed by atoms with Crippen molar-refractivity contribution < 1.29 is 13.2 Å². The van der Waals surface area contributed by atoms with E-state index in [4.69, 9.17) is 4.74 Å². The van der Waals surface area contributed by atoms with Gasteiger partial charge in [-0.2, -0.15) is 17.4 Å². The van der Waals surface area contributed by atoms with Gasteiger partial charge in [-0.3, -0.25) is 0 Å². The first kappa shape index (κ1) is 16.4. The molecule has 126 valence electrons. The van der Waals surface area contributed by atoms with Gasteiger partial charge in [0.05, 0.1) is 6.61 Å². The lowest BCUT2D eigenvalue weighted by Gasteiger charge is -2.31. The molecule has 1 aliphatic heterocycles. The Hall–Kier alpha value is -1.41. The Labute approximate surface area is 137 Å². The molecule has 0 bridgehead atoms. The Kier molecular flexibility index (Phi) is 5.01. The second kappa shape index (κ2) is 7.00. The number of para-hydroxylation sites is 1. The van der Waals surface area contributed by atoms with Crippen molar-refractivity contribution in [3.05, 3.63) is 36.0 Å². The maximum absolute atomic E-state index is 12.2. The third kappa shape index (κ3) is 3.58. The summed E-state index contributed by atoms with van der Waals surface area (Å²) in [5.41, 5.74) is 2.43. The fourth-order valence-electron chi connectivity index (χ4n) is 3.20. The lowest BCUT2D eigenvalue weighted by molar-refractivity contribution is 0.203. The first-order valence-corrected chi connectivity index (χ1v) is 9.35. The SMILES string of the molecule is COCCNS(=O)(=O)N1CCC(c2c[nH]c3ccccc23)CC1. The molecule has 0 unspecified atom stereocenters. The van der Waals surface area contributed by atoms with Crippen LogP contribution in [0.5, 0.6) is 0 Å². The van der Waals surface area contributed by atoms with Crippen LogP contribution in [0.15, 0.2) is 30.5 Å². The highest BCUT2D eigenvalue weighted by Gasteiger charge is 2.29. The number of nitrogens with one attached hydrogen (secondary N) is 2. The number of fused-ring (bicyclic) bond motifs is 1. The second-order valence-electron chi connectivity index (χ2n) is 5.86. The standard InChI is InChI=1S/C16H23N3O3S/c1-22-11-8-18-23(20,21)19-9-6-13(7-10-19)15-12-17-16-5-3-2-4-14(15)16/h2-5,12-13,17-18H,6-11H2,1H3. The van der Waals surface area contributed by atoms with Crippen molar-refractivity contribution in [1.29, 1.82) is 0 Å². The van der Waals surface area contributed by atoms with Crippen molar-refractivity contribution in [3.63, 3.8) is 0 Å². The number of hydrogen-bond acceptors (Lipinski definition) is 3. The first-order valence-electron chi connectivity index (χ1n) is 7.91. The molecule has 2 aromatic rings. The van der Waals surface area contributed by atoms with Gasteiger partial charge < -0.3 is 9.72 Å². The van der Waals surface area contributed by atoms with Crippen molar-refractivity contribution in [2.45, 2.75) is 18.8 Å². The molecule has 1 aromatic carbocycles. The molecule has 0 atom stereocenters. The first-order chi connectivity index (χ1) is 11.1. The molecule has 1 saturated heterocycles. The molecule has 1 fully saturated rings. The maximum Gasteiger partial charge on any atom is 0.279 e. The van der Waals surface area contributed by atoms with Crippen LogP contribution in [-0.2, 0) is 14.9 Å². The number of piperidine rings is 1. The number of rotatable bonds is 6. The summed E-state index contributed by atoms with van der Waals surface area (Å²) in [5, 5.41) is 1.24. The minimum Gasteiger partial charge on any atom is -0.383 e. The molecule has 2 N–H and O–H groups in total. The molecule has 23 heavy (non-hydrogen) atoms. The van der Waals surface area contributed by atoms with Crippen molar-refractivity contribution in [1.82, 2.24) is 14.0 Å². The molecular formula is C16H23N3O3S. The molecule has 2 heterocycles. The van der Waals surface area contributed by atoms with Crippen LogP contribution in [0.4, 0.5) is 0 Å². The van der Waals surface area contributed by atoms with E-state index in [1.165, 1.54) is 15.3 Å². The molecular weight excluding hydrogens is 314 g/mol. The third-order valence-electron chi connectivity index (χ3n) is 4.45. The quantitative estimate of drug-likeness (QED) is 0.790. The van der Waals surface area contributed by atoms with Crippen LogP contribution in [0.2, 0.25) is 0 Å². The largest absolute Gasteiger partial charge is 0.383 e. The van der Waals surface area contributed by atoms with Crippen molar-refractivity contribution in [2.24, 2.45) is 0 Å². The fourth-order valence-corrected chi connectivity index (χ4v) is 4.42. The molecule has 1 aliphatic rings. The summed E-state index contributed by atoms with van der Waals surface area (Å²) in [6, 6.07) is 8.25. The van der Waals surface area contributed by atoms with E-state index in [0.717, 1.165) is 18.4 Å². The molecule has 0 saturated carbocycles. The van der Waals surface area contributed by atoms with Gasteiger partial charge >= 0.3 is 0 Å². The van der Waals surface area contributed by atoms with Gasteiger partial charge in [0, 0.05) is 43.8 Å². The summed E-state index contributed by atoms with van der Waals surface area (Å²) in [7, 11) is -1.84. The van der Waals surface area contributed by atoms with E-state index < -0.39 is 10.2 Å². The minimum atomic E-state index is -3.39. The van der Waals surface area contributed by atoms with Gasteiger partial charge in [-0.15, -0.1) is 0 Å². The molecule has 0 spiro atoms. The van der Waals surface area contributed by atoms with Gasteiger partial charge in [-0.1, -0.05) is 18.2 Å². The van der Waals surface area contributed by atoms with Crippen LogP contribution in [0.1, 0.15) is 24.3 Å². The topological polar surface area (TPSA) is 74.4 Å². The monoisotopic (exact) mass is 337 g/mol. The van der Waals surface area contributed by atoms with Gasteiger partial charge in [0.2, 0.25) is 0 Å². The zero-order valence-corrected chi connectivity index (χ0v) is 14.1. The maximum atomic E-state index is 12.2. The summed E-state index contributed by atoms with van der Waals surface area (Å²) in [4.78, 5) is 3.30. The van der Waals surface area contributed by atoms with Crippen LogP contribution >= 0.6 is 0 Å². The Morgan fingerprint density at radius 3 is 2.78 bits per heavy atom. The van der Waals surface area contributed by atoms with Crippen molar-refractivity contribution >= 4 is 21.1 Å². The minimum absolute atomic E-state index is 0.307. The zero-order valence-electron chi connectivity index (χ0n) is 13.3. The van der Waals surface area contributed by atoms with Crippen molar-refractivity contribution in [3.8, 4) is 0 Å². The summed E-state index contributed by atoms with van der Waals surface area (Å²) in [5.74, 6) is 0.400. The third-order valence-corrected chi connectivity index (χ3v) is 6.06. The Bertz CT molecular complexity index is 749. The number of ether oxygens (including phenoxy) is 1. The summed E-state index contributed by atoms with van der Waals surface area (Å²) in [6.07, 6.45) is 3.75. The van der Waals surface area contributed by atoms with Crippen LogP contribution in [0.3, 0.4) is 0 Å². The molecule has 0 amide bonds. The molecule has 0 radical (unpaired) electrons. The van der Waals surface area contributed by atoms with E-state index in [2.05, 4.69) is 28.0 Å².